The van der Waals surface area contributed by atoms with Crippen molar-refractivity contribution in [2.45, 2.75) is 0 Å². The normalized spacial score (nSPS) is 19.2. The summed E-state index contributed by atoms with van der Waals surface area (Å²) in [6, 6.07) is 5.42. The Labute approximate surface area is 163 Å². The van der Waals surface area contributed by atoms with E-state index in [0.29, 0.717) is 46.8 Å². The highest BCUT2D eigenvalue weighted by molar-refractivity contribution is 9.10. The van der Waals surface area contributed by atoms with Crippen LogP contribution in [-0.2, 0) is 14.3 Å². The highest BCUT2D eigenvalue weighted by atomic mass is 79.9. The Morgan fingerprint density at radius 3 is 2.88 bits per heavy atom. The lowest BCUT2D eigenvalue weighted by molar-refractivity contribution is -0.137. The monoisotopic (exact) mass is 442 g/mol. The zero-order valence-electron chi connectivity index (χ0n) is 13.1. The van der Waals surface area contributed by atoms with E-state index in [1.807, 2.05) is 12.1 Å². The number of hydrogen-bond donors (Lipinski definition) is 1. The number of ether oxygens (including phenoxy) is 2. The average molecular weight is 443 g/mol. The van der Waals surface area contributed by atoms with E-state index in [4.69, 9.17) is 21.7 Å². The number of rotatable bonds is 4. The molecule has 2 aliphatic heterocycles. The zero-order chi connectivity index (χ0) is 17.8. The van der Waals surface area contributed by atoms with Crippen LogP contribution in [0, 0.1) is 0 Å². The average Bonchev–Trinajstić information content (AvgIpc) is 2.92. The number of amides is 2. The molecule has 2 amide bonds. The third-order valence-corrected chi connectivity index (χ3v) is 5.27. The number of benzene rings is 1. The minimum absolute atomic E-state index is 0.0600. The van der Waals surface area contributed by atoms with Gasteiger partial charge in [-0.05, 0) is 24.3 Å². The number of carbonyl (C=O) groups excluding carboxylic acids is 2. The van der Waals surface area contributed by atoms with E-state index in [-0.39, 0.29) is 18.4 Å². The van der Waals surface area contributed by atoms with E-state index in [9.17, 15) is 9.59 Å². The van der Waals surface area contributed by atoms with E-state index in [2.05, 4.69) is 21.2 Å². The summed E-state index contributed by atoms with van der Waals surface area (Å²) < 4.78 is 12.2. The summed E-state index contributed by atoms with van der Waals surface area (Å²) in [6.07, 6.45) is 1.71. The molecule has 1 aromatic carbocycles. The van der Waals surface area contributed by atoms with E-state index < -0.39 is 0 Å². The van der Waals surface area contributed by atoms with Crippen LogP contribution in [0.1, 0.15) is 5.56 Å². The SMILES string of the molecule is O=C1NC(=S)S/C1=C\c1cc(Br)ccc1OCC(=O)N1CCOCC1. The fourth-order valence-electron chi connectivity index (χ4n) is 2.37. The number of morpholine rings is 1. The molecule has 0 aromatic heterocycles. The molecule has 0 radical (unpaired) electrons. The highest BCUT2D eigenvalue weighted by Gasteiger charge is 2.23. The summed E-state index contributed by atoms with van der Waals surface area (Å²) >= 11 is 9.61. The minimum atomic E-state index is -0.231. The number of thioether (sulfide) groups is 1. The van der Waals surface area contributed by atoms with Crippen molar-refractivity contribution in [3.05, 3.63) is 33.1 Å². The van der Waals surface area contributed by atoms with Crippen molar-refractivity contribution in [3.63, 3.8) is 0 Å². The smallest absolute Gasteiger partial charge is 0.263 e. The second-order valence-corrected chi connectivity index (χ2v) is 7.95. The Morgan fingerprint density at radius 1 is 1.44 bits per heavy atom. The second kappa shape index (κ2) is 8.31. The van der Waals surface area contributed by atoms with Crippen LogP contribution < -0.4 is 10.1 Å². The maximum Gasteiger partial charge on any atom is 0.263 e. The lowest BCUT2D eigenvalue weighted by Crippen LogP contribution is -2.43. The summed E-state index contributed by atoms with van der Waals surface area (Å²) in [6.45, 7) is 2.19. The molecule has 2 heterocycles. The van der Waals surface area contributed by atoms with Gasteiger partial charge in [-0.15, -0.1) is 0 Å². The third-order valence-electron chi connectivity index (χ3n) is 3.62. The van der Waals surface area contributed by atoms with Crippen molar-refractivity contribution in [2.75, 3.05) is 32.9 Å². The number of nitrogens with one attached hydrogen (secondary N) is 1. The molecular weight excluding hydrogens is 428 g/mol. The van der Waals surface area contributed by atoms with Gasteiger partial charge < -0.3 is 19.7 Å². The molecule has 0 aliphatic carbocycles. The van der Waals surface area contributed by atoms with Crippen LogP contribution in [0.15, 0.2) is 27.6 Å². The molecule has 2 fully saturated rings. The summed E-state index contributed by atoms with van der Waals surface area (Å²) in [5, 5.41) is 2.58. The molecule has 25 heavy (non-hydrogen) atoms. The Bertz CT molecular complexity index is 748. The Morgan fingerprint density at radius 2 is 2.20 bits per heavy atom. The standard InChI is InChI=1S/C16H15BrN2O4S2/c17-11-1-2-12(23-9-14(20)19-3-5-22-6-4-19)10(7-11)8-13-15(21)18-16(24)25-13/h1-2,7-8H,3-6,9H2,(H,18,21,24)/b13-8-. The molecule has 132 valence electrons. The Kier molecular flexibility index (Phi) is 6.10. The predicted molar refractivity (Wildman–Crippen MR) is 103 cm³/mol. The quantitative estimate of drug-likeness (QED) is 0.569. The largest absolute Gasteiger partial charge is 0.483 e. The summed E-state index contributed by atoms with van der Waals surface area (Å²) in [5.74, 6) is 0.216. The Hall–Kier alpha value is -1.42. The summed E-state index contributed by atoms with van der Waals surface area (Å²) in [7, 11) is 0. The summed E-state index contributed by atoms with van der Waals surface area (Å²) in [5.41, 5.74) is 0.700. The summed E-state index contributed by atoms with van der Waals surface area (Å²) in [4.78, 5) is 26.3. The van der Waals surface area contributed by atoms with Crippen molar-refractivity contribution >= 4 is 62.1 Å². The first-order chi connectivity index (χ1) is 12.0. The predicted octanol–water partition coefficient (Wildman–Crippen LogP) is 2.18. The van der Waals surface area contributed by atoms with Crippen molar-refractivity contribution in [3.8, 4) is 5.75 Å². The van der Waals surface area contributed by atoms with Gasteiger partial charge in [-0.2, -0.15) is 0 Å². The van der Waals surface area contributed by atoms with Gasteiger partial charge in [0.25, 0.3) is 11.8 Å². The maximum atomic E-state index is 12.2. The number of nitrogens with zero attached hydrogens (tertiary/aromatic N) is 1. The van der Waals surface area contributed by atoms with E-state index in [1.165, 1.54) is 11.8 Å². The first kappa shape index (κ1) is 18.4. The van der Waals surface area contributed by atoms with Crippen LogP contribution >= 0.6 is 39.9 Å². The first-order valence-electron chi connectivity index (χ1n) is 7.55. The molecule has 6 nitrogen and oxygen atoms in total. The molecule has 0 bridgehead atoms. The van der Waals surface area contributed by atoms with Crippen molar-refractivity contribution < 1.29 is 19.1 Å². The molecule has 9 heteroatoms. The van der Waals surface area contributed by atoms with Crippen LogP contribution in [0.5, 0.6) is 5.75 Å². The van der Waals surface area contributed by atoms with Gasteiger partial charge in [-0.25, -0.2) is 0 Å². The van der Waals surface area contributed by atoms with Crippen molar-refractivity contribution in [2.24, 2.45) is 0 Å². The molecule has 0 unspecified atom stereocenters. The van der Waals surface area contributed by atoms with E-state index in [1.54, 1.807) is 17.0 Å². The van der Waals surface area contributed by atoms with Gasteiger partial charge in [0.15, 0.2) is 6.61 Å². The van der Waals surface area contributed by atoms with Gasteiger partial charge in [0.2, 0.25) is 0 Å². The maximum absolute atomic E-state index is 12.2. The minimum Gasteiger partial charge on any atom is -0.483 e. The fraction of sp³-hybridized carbons (Fsp3) is 0.312. The number of hydrogen-bond acceptors (Lipinski definition) is 6. The molecule has 1 aromatic rings. The van der Waals surface area contributed by atoms with Crippen LogP contribution in [0.2, 0.25) is 0 Å². The number of halogens is 1. The van der Waals surface area contributed by atoms with Crippen LogP contribution in [-0.4, -0.2) is 53.9 Å². The molecule has 0 atom stereocenters. The molecule has 0 spiro atoms. The van der Waals surface area contributed by atoms with Crippen molar-refractivity contribution in [1.29, 1.82) is 0 Å². The van der Waals surface area contributed by atoms with Crippen LogP contribution in [0.4, 0.5) is 0 Å². The highest BCUT2D eigenvalue weighted by Crippen LogP contribution is 2.31. The second-order valence-electron chi connectivity index (χ2n) is 5.32. The molecule has 0 saturated carbocycles. The fourth-order valence-corrected chi connectivity index (χ4v) is 3.78. The van der Waals surface area contributed by atoms with Gasteiger partial charge in [0, 0.05) is 23.1 Å². The number of carbonyl (C=O) groups is 2. The molecule has 1 N–H and O–H groups in total. The Balaban J connectivity index is 1.73. The zero-order valence-corrected chi connectivity index (χ0v) is 16.3. The topological polar surface area (TPSA) is 67.9 Å². The van der Waals surface area contributed by atoms with Crippen LogP contribution in [0.25, 0.3) is 6.08 Å². The van der Waals surface area contributed by atoms with Gasteiger partial charge in [0.05, 0.1) is 18.1 Å². The van der Waals surface area contributed by atoms with Gasteiger partial charge in [0.1, 0.15) is 10.1 Å². The number of thiocarbonyl (C=S) groups is 1. The molecule has 2 aliphatic rings. The van der Waals surface area contributed by atoms with Crippen LogP contribution in [0.3, 0.4) is 0 Å². The lowest BCUT2D eigenvalue weighted by Gasteiger charge is -2.26. The first-order valence-corrected chi connectivity index (χ1v) is 9.57. The van der Waals surface area contributed by atoms with Gasteiger partial charge in [-0.3, -0.25) is 9.59 Å². The molecular formula is C16H15BrN2O4S2. The van der Waals surface area contributed by atoms with E-state index >= 15 is 0 Å². The molecule has 3 rings (SSSR count). The lowest BCUT2D eigenvalue weighted by atomic mass is 10.2. The van der Waals surface area contributed by atoms with Gasteiger partial charge >= 0.3 is 0 Å². The third kappa shape index (κ3) is 4.81. The van der Waals surface area contributed by atoms with E-state index in [0.717, 1.165) is 4.47 Å². The van der Waals surface area contributed by atoms with Gasteiger partial charge in [-0.1, -0.05) is 39.9 Å². The van der Waals surface area contributed by atoms with Crippen molar-refractivity contribution in [1.82, 2.24) is 10.2 Å². The molecule has 2 saturated heterocycles.